The standard InChI is InChI=1S/C19H30N2O4.C19H29NO3.C18H27NO4.C18H27NO3.C16H23NO3.C15H22N2O3/c1-3-4-11-24-12-13-25-19(22)18(15-20)16-7-5-8-17(14-16)21-9-6-10-23-2;1-22-12-5-3-8-16-9-7-10-17(14-16)18(15-20)19(21)11-4-6-13-23-2;1-3-22-11-12-23-18(20)17(14-19)16-9-6-8-15(13-16)7-4-5-10-21-2;1-14(2)13-22-18(20)17(12-19)16-9-6-8-15(11-16)7-4-5-10-21-3;1-3-20-16(18)15(12-17)14-9-6-8-13(11-14)7-4-5-10-19-2;1-2-19-11-12-20-15(18)14(13-16)7-6-10-17-8-4-3-5-9-17/h14,21H,3-13H2,1-2H3;14H,3-13H2,1-2H3;13H,3-12H2,1-2H3;11,14H,4-10,13H2,1-3H3;11H,3-10H2,1-2H3;6-7,10H,2-5,8-9,11-12H2,1H3/b18-16-;18-17-;2*17-16-;15-14-;10-6+,14-7+. The molecule has 1 fully saturated rings. The lowest BCUT2D eigenvalue weighted by Gasteiger charge is -2.24. The van der Waals surface area contributed by atoms with E-state index in [1.165, 1.54) is 47.6 Å². The van der Waals surface area contributed by atoms with Gasteiger partial charge in [0, 0.05) is 134 Å². The number of hydrogen-bond acceptors (Lipinski definition) is 28. The van der Waals surface area contributed by atoms with Crippen LogP contribution in [0.2, 0.25) is 0 Å². The summed E-state index contributed by atoms with van der Waals surface area (Å²) in [6, 6.07) is 12.0. The molecule has 0 atom stereocenters. The van der Waals surface area contributed by atoms with Crippen molar-refractivity contribution in [3.05, 3.63) is 138 Å². The Labute approximate surface area is 796 Å². The van der Waals surface area contributed by atoms with E-state index in [0.29, 0.717) is 84.5 Å². The second-order valence-electron chi connectivity index (χ2n) is 32.8. The first-order valence-corrected chi connectivity index (χ1v) is 48.2. The minimum atomic E-state index is -0.601. The predicted molar refractivity (Wildman–Crippen MR) is 513 cm³/mol. The van der Waals surface area contributed by atoms with Gasteiger partial charge in [-0.3, -0.25) is 4.79 Å². The number of methoxy groups -OCH3 is 6. The zero-order chi connectivity index (χ0) is 98.0. The van der Waals surface area contributed by atoms with Crippen molar-refractivity contribution in [2.45, 2.75) is 273 Å². The molecule has 0 radical (unpaired) electrons. The fourth-order valence-corrected chi connectivity index (χ4v) is 14.6. The number of likely N-dealkylation sites (tertiary alicyclic amines) is 1. The Bertz CT molecular complexity index is 3980. The average Bonchev–Trinajstić information content (AvgIpc) is 0.886. The molecule has 1 aliphatic heterocycles. The van der Waals surface area contributed by atoms with E-state index in [-0.39, 0.29) is 59.4 Å². The third kappa shape index (κ3) is 58.1. The normalized spacial score (nSPS) is 16.5. The van der Waals surface area contributed by atoms with Crippen molar-refractivity contribution in [2.75, 3.05) is 175 Å². The van der Waals surface area contributed by atoms with Gasteiger partial charge < -0.3 is 76.5 Å². The van der Waals surface area contributed by atoms with Gasteiger partial charge in [-0.1, -0.05) is 73.8 Å². The van der Waals surface area contributed by atoms with E-state index in [1.807, 2.05) is 88.5 Å². The molecule has 5 aliphatic carbocycles. The third-order valence-electron chi connectivity index (χ3n) is 21.6. The predicted octanol–water partition coefficient (Wildman–Crippen LogP) is 19.5. The summed E-state index contributed by atoms with van der Waals surface area (Å²) in [5.74, 6) is -2.43. The second kappa shape index (κ2) is 82.7. The van der Waals surface area contributed by atoms with Crippen molar-refractivity contribution in [1.29, 1.82) is 31.6 Å². The molecule has 0 bridgehead atoms. The van der Waals surface area contributed by atoms with Gasteiger partial charge in [0.05, 0.1) is 38.6 Å². The Balaban J connectivity index is 0.000000799. The van der Waals surface area contributed by atoms with Crippen LogP contribution in [0.15, 0.2) is 138 Å². The molecule has 28 nitrogen and oxygen atoms in total. The van der Waals surface area contributed by atoms with Crippen LogP contribution < -0.4 is 5.32 Å². The first-order valence-electron chi connectivity index (χ1n) is 48.2. The molecule has 0 aromatic heterocycles. The molecule has 28 heteroatoms. The number of piperidine rings is 1. The van der Waals surface area contributed by atoms with Crippen molar-refractivity contribution in [2.24, 2.45) is 5.92 Å². The molecule has 738 valence electrons. The summed E-state index contributed by atoms with van der Waals surface area (Å²) in [5.41, 5.74) is 11.5. The van der Waals surface area contributed by atoms with E-state index in [9.17, 15) is 49.8 Å². The van der Waals surface area contributed by atoms with E-state index >= 15 is 0 Å². The van der Waals surface area contributed by atoms with Crippen LogP contribution in [0.5, 0.6) is 0 Å². The van der Waals surface area contributed by atoms with Gasteiger partial charge >= 0.3 is 29.8 Å². The van der Waals surface area contributed by atoms with Crippen LogP contribution in [0.1, 0.15) is 273 Å². The lowest BCUT2D eigenvalue weighted by Crippen LogP contribution is -2.23. The summed E-state index contributed by atoms with van der Waals surface area (Å²) < 4.78 is 71.1. The molecule has 0 aromatic rings. The van der Waals surface area contributed by atoms with Gasteiger partial charge in [-0.15, -0.1) is 0 Å². The van der Waals surface area contributed by atoms with Crippen molar-refractivity contribution in [3.8, 4) is 36.4 Å². The van der Waals surface area contributed by atoms with Gasteiger partial charge in [0.25, 0.3) is 0 Å². The topological polar surface area (TPSA) is 390 Å². The molecule has 0 amide bonds. The number of nitrogens with one attached hydrogen (secondary N) is 1. The molecule has 1 saturated heterocycles. The Hall–Kier alpha value is -9.92. The summed E-state index contributed by atoms with van der Waals surface area (Å²) >= 11 is 0. The molecule has 6 rings (SSSR count). The second-order valence-corrected chi connectivity index (χ2v) is 32.8. The zero-order valence-electron chi connectivity index (χ0n) is 82.6. The summed E-state index contributed by atoms with van der Waals surface area (Å²) in [7, 11) is 10.2. The first kappa shape index (κ1) is 121. The van der Waals surface area contributed by atoms with Gasteiger partial charge in [0.2, 0.25) is 0 Å². The van der Waals surface area contributed by atoms with Crippen LogP contribution in [0.25, 0.3) is 0 Å². The summed E-state index contributed by atoms with van der Waals surface area (Å²) in [5, 5.41) is 58.8. The van der Waals surface area contributed by atoms with E-state index in [0.717, 1.165) is 279 Å². The molecule has 0 spiro atoms. The smallest absolute Gasteiger partial charge is 0.349 e. The van der Waals surface area contributed by atoms with E-state index in [2.05, 4.69) is 29.3 Å². The van der Waals surface area contributed by atoms with E-state index in [1.54, 1.807) is 55.7 Å². The quantitative estimate of drug-likeness (QED) is 0.0148. The Morgan fingerprint density at radius 2 is 0.722 bits per heavy atom. The molecule has 1 N–H and O–H groups in total. The van der Waals surface area contributed by atoms with E-state index in [4.69, 9.17) is 76.8 Å². The van der Waals surface area contributed by atoms with Gasteiger partial charge in [0.15, 0.2) is 5.78 Å². The van der Waals surface area contributed by atoms with E-state index < -0.39 is 29.8 Å². The minimum Gasteiger partial charge on any atom is -0.462 e. The van der Waals surface area contributed by atoms with Gasteiger partial charge in [0.1, 0.15) is 84.1 Å². The van der Waals surface area contributed by atoms with Crippen LogP contribution in [0, 0.1) is 73.9 Å². The number of allylic oxidation sites excluding steroid dienone is 18. The number of carbonyl (C=O) groups is 6. The number of rotatable bonds is 55. The van der Waals surface area contributed by atoms with Crippen LogP contribution in [-0.4, -0.2) is 215 Å². The van der Waals surface area contributed by atoms with Crippen molar-refractivity contribution < 1.29 is 95.1 Å². The number of nitriles is 6. The largest absolute Gasteiger partial charge is 0.462 e. The number of Topliss-reactive ketones (excluding diaryl/α,β-unsaturated/α-hetero) is 1. The first-order chi connectivity index (χ1) is 64.7. The molecular formula is C105H158N8O20. The number of ketones is 1. The Morgan fingerprint density at radius 3 is 1.10 bits per heavy atom. The monoisotopic (exact) mass is 1850 g/mol. The molecular weight excluding hydrogens is 1690 g/mol. The molecule has 133 heavy (non-hydrogen) atoms. The number of ether oxygens (including phenoxy) is 14. The summed E-state index contributed by atoms with van der Waals surface area (Å²) in [6.07, 6.45) is 50.4. The van der Waals surface area contributed by atoms with Crippen LogP contribution in [-0.2, 0) is 95.1 Å². The lowest BCUT2D eigenvalue weighted by molar-refractivity contribution is -0.141. The minimum absolute atomic E-state index is 0.00904. The maximum atomic E-state index is 12.3. The number of hydrogen-bond donors (Lipinski definition) is 1. The highest BCUT2D eigenvalue weighted by atomic mass is 16.6. The lowest BCUT2D eigenvalue weighted by atomic mass is 9.88. The fourth-order valence-electron chi connectivity index (χ4n) is 14.6. The highest BCUT2D eigenvalue weighted by molar-refractivity contribution is 6.00. The number of carbonyl (C=O) groups excluding carboxylic acids is 6. The van der Waals surface area contributed by atoms with Crippen molar-refractivity contribution in [3.63, 3.8) is 0 Å². The zero-order valence-corrected chi connectivity index (χ0v) is 82.6. The molecule has 1 heterocycles. The van der Waals surface area contributed by atoms with Gasteiger partial charge in [-0.2, -0.15) is 31.6 Å². The van der Waals surface area contributed by atoms with Gasteiger partial charge in [-0.25, -0.2) is 24.0 Å². The molecule has 6 aliphatic rings. The van der Waals surface area contributed by atoms with Crippen LogP contribution in [0.3, 0.4) is 0 Å². The Kier molecular flexibility index (Phi) is 75.3. The number of nitrogens with zero attached hydrogens (tertiary/aromatic N) is 7. The maximum Gasteiger partial charge on any atom is 0.349 e. The van der Waals surface area contributed by atoms with Crippen molar-refractivity contribution in [1.82, 2.24) is 10.2 Å². The van der Waals surface area contributed by atoms with Crippen molar-refractivity contribution >= 4 is 35.6 Å². The number of unbranched alkanes of at least 4 members (excludes halogenated alkanes) is 6. The molecule has 0 unspecified atom stereocenters. The molecule has 0 saturated carbocycles. The Morgan fingerprint density at radius 1 is 0.361 bits per heavy atom. The highest BCUT2D eigenvalue weighted by Gasteiger charge is 2.25. The summed E-state index contributed by atoms with van der Waals surface area (Å²) in [4.78, 5) is 74.0. The highest BCUT2D eigenvalue weighted by Crippen LogP contribution is 2.33. The summed E-state index contributed by atoms with van der Waals surface area (Å²) in [6.45, 7) is 23.0. The molecule has 0 aromatic carbocycles. The van der Waals surface area contributed by atoms with Gasteiger partial charge in [-0.05, 0) is 297 Å². The SMILES string of the molecule is CCCCOCCOC(=O)/C(C#N)=C1\C=C(NCCCOC)CCC1.CCOC(=O)/C(C#N)=C1\C=C(CCCCOC)CCC1.CCOCCOC(=O)/C(C#N)=C/C=C/N1CCCCC1.CCOCCOC(=O)/C(C#N)=C1\C=C(CCCCOC)CCC1.COCCCCC(=O)/C(C#N)=C1\C=C(CCCCOC)CCC1.COCCCCC1=C/C(=C(/C#N)C(=O)OCC(C)C)CCC1. The average molecular weight is 1850 g/mol. The van der Waals surface area contributed by atoms with Crippen LogP contribution in [0.4, 0.5) is 0 Å². The third-order valence-corrected chi connectivity index (χ3v) is 21.6. The number of esters is 5. The van der Waals surface area contributed by atoms with Crippen LogP contribution >= 0.6 is 0 Å². The maximum absolute atomic E-state index is 12.3. The fraction of sp³-hybridized carbons (Fsp3) is 0.657.